The summed E-state index contributed by atoms with van der Waals surface area (Å²) in [5.74, 6) is 0.374. The van der Waals surface area contributed by atoms with Crippen LogP contribution in [-0.4, -0.2) is 35.7 Å². The number of carbonyl (C=O) groups is 2. The van der Waals surface area contributed by atoms with Crippen molar-refractivity contribution in [3.63, 3.8) is 0 Å². The molecule has 2 aromatic carbocycles. The number of para-hydroxylation sites is 2. The van der Waals surface area contributed by atoms with Gasteiger partial charge in [0.1, 0.15) is 11.4 Å². The van der Waals surface area contributed by atoms with Crippen LogP contribution in [0.5, 0.6) is 5.75 Å². The van der Waals surface area contributed by atoms with Gasteiger partial charge in [-0.15, -0.1) is 0 Å². The fraction of sp³-hybridized carbons (Fsp3) is 0.190. The van der Waals surface area contributed by atoms with E-state index in [1.165, 1.54) is 0 Å². The predicted molar refractivity (Wildman–Crippen MR) is 114 cm³/mol. The van der Waals surface area contributed by atoms with Crippen LogP contribution in [0.2, 0.25) is 0 Å². The van der Waals surface area contributed by atoms with Gasteiger partial charge in [0, 0.05) is 23.6 Å². The Hall–Kier alpha value is -3.13. The van der Waals surface area contributed by atoms with E-state index >= 15 is 0 Å². The summed E-state index contributed by atoms with van der Waals surface area (Å²) in [6.07, 6.45) is 1.15. The Morgan fingerprint density at radius 2 is 1.97 bits per heavy atom. The first-order valence-corrected chi connectivity index (χ1v) is 9.80. The van der Waals surface area contributed by atoms with E-state index in [1.807, 2.05) is 48.5 Å². The number of H-pyrrole nitrogens is 1. The smallest absolute Gasteiger partial charge is 0.269 e. The van der Waals surface area contributed by atoms with E-state index in [2.05, 4.69) is 26.1 Å². The largest absolute Gasteiger partial charge is 0.491 e. The minimum Gasteiger partial charge on any atom is -0.491 e. The summed E-state index contributed by atoms with van der Waals surface area (Å²) in [7, 11) is 1.77. The molecule has 1 aliphatic heterocycles. The minimum atomic E-state index is -0.515. The average Bonchev–Trinajstić information content (AvgIpc) is 3.13. The molecule has 2 amide bonds. The number of nitrogens with two attached hydrogens (primary N) is 1. The fourth-order valence-corrected chi connectivity index (χ4v) is 3.07. The van der Waals surface area contributed by atoms with Crippen molar-refractivity contribution >= 4 is 33.4 Å². The third-order valence-electron chi connectivity index (χ3n) is 4.37. The molecule has 3 N–H and O–H groups in total. The van der Waals surface area contributed by atoms with Crippen LogP contribution in [0.15, 0.2) is 59.1 Å². The Morgan fingerprint density at radius 1 is 1.24 bits per heavy atom. The molecule has 0 saturated heterocycles. The lowest BCUT2D eigenvalue weighted by atomic mass is 10.1. The Morgan fingerprint density at radius 3 is 2.66 bits per heavy atom. The van der Waals surface area contributed by atoms with Gasteiger partial charge in [0.25, 0.3) is 5.91 Å². The number of carbonyl (C=O) groups excluding carboxylic acids is 2. The van der Waals surface area contributed by atoms with Gasteiger partial charge in [-0.05, 0) is 35.9 Å². The third-order valence-corrected chi connectivity index (χ3v) is 4.89. The van der Waals surface area contributed by atoms with Crippen molar-refractivity contribution in [3.8, 4) is 5.75 Å². The van der Waals surface area contributed by atoms with E-state index in [0.717, 1.165) is 27.2 Å². The number of halogens is 1. The topological polar surface area (TPSA) is 101 Å². The maximum absolute atomic E-state index is 11.4. The molecule has 1 aliphatic rings. The van der Waals surface area contributed by atoms with E-state index in [-0.39, 0.29) is 11.6 Å². The van der Waals surface area contributed by atoms with E-state index in [9.17, 15) is 9.59 Å². The van der Waals surface area contributed by atoms with Gasteiger partial charge in [0.2, 0.25) is 5.91 Å². The quantitative estimate of drug-likeness (QED) is 0.630. The second kappa shape index (κ2) is 9.38. The van der Waals surface area contributed by atoms with Crippen LogP contribution in [0.3, 0.4) is 0 Å². The zero-order chi connectivity index (χ0) is 20.8. The van der Waals surface area contributed by atoms with Crippen molar-refractivity contribution in [1.82, 2.24) is 10.2 Å². The van der Waals surface area contributed by atoms with E-state index in [0.29, 0.717) is 19.4 Å². The summed E-state index contributed by atoms with van der Waals surface area (Å²) >= 11 is 3.37. The van der Waals surface area contributed by atoms with Crippen LogP contribution in [0, 0.1) is 0 Å². The first-order valence-electron chi connectivity index (χ1n) is 9.01. The maximum Gasteiger partial charge on any atom is 0.269 e. The molecule has 0 radical (unpaired) electrons. The summed E-state index contributed by atoms with van der Waals surface area (Å²) in [4.78, 5) is 23.9. The maximum atomic E-state index is 11.4. The molecule has 0 aliphatic carbocycles. The van der Waals surface area contributed by atoms with E-state index in [1.54, 1.807) is 18.0 Å². The molecule has 0 fully saturated rings. The van der Waals surface area contributed by atoms with Crippen LogP contribution in [0.4, 0.5) is 5.69 Å². The summed E-state index contributed by atoms with van der Waals surface area (Å²) in [6.45, 7) is 0.472. The number of nitrogens with one attached hydrogen (secondary N) is 1. The molecule has 0 bridgehead atoms. The molecular formula is C21H21BrN4O3. The van der Waals surface area contributed by atoms with Gasteiger partial charge in [-0.2, -0.15) is 5.10 Å². The number of ether oxygens (including phenoxy) is 1. The van der Waals surface area contributed by atoms with Gasteiger partial charge in [-0.25, -0.2) is 0 Å². The zero-order valence-corrected chi connectivity index (χ0v) is 17.5. The lowest BCUT2D eigenvalue weighted by molar-refractivity contribution is -0.118. The predicted octanol–water partition coefficient (Wildman–Crippen LogP) is 3.29. The molecule has 0 spiro atoms. The number of nitrogens with zero attached hydrogens (tertiary/aromatic N) is 2. The van der Waals surface area contributed by atoms with Crippen LogP contribution in [0.25, 0.3) is 0 Å². The summed E-state index contributed by atoms with van der Waals surface area (Å²) in [5.41, 5.74) is 8.25. The molecule has 150 valence electrons. The highest BCUT2D eigenvalue weighted by molar-refractivity contribution is 9.10. The van der Waals surface area contributed by atoms with Crippen molar-refractivity contribution < 1.29 is 14.3 Å². The molecule has 7 nitrogen and oxygen atoms in total. The average molecular weight is 457 g/mol. The summed E-state index contributed by atoms with van der Waals surface area (Å²) in [5, 5.41) is 6.61. The van der Waals surface area contributed by atoms with Gasteiger partial charge < -0.3 is 15.4 Å². The number of amides is 2. The molecule has 4 rings (SSSR count). The molecule has 0 saturated carbocycles. The van der Waals surface area contributed by atoms with Crippen molar-refractivity contribution in [2.75, 3.05) is 18.6 Å². The molecule has 29 heavy (non-hydrogen) atoms. The van der Waals surface area contributed by atoms with Gasteiger partial charge >= 0.3 is 0 Å². The lowest BCUT2D eigenvalue weighted by Gasteiger charge is -2.15. The van der Waals surface area contributed by atoms with Crippen LogP contribution in [-0.2, 0) is 11.2 Å². The Bertz CT molecular complexity index is 1000. The summed E-state index contributed by atoms with van der Waals surface area (Å²) < 4.78 is 6.47. The molecule has 3 aromatic rings. The van der Waals surface area contributed by atoms with Crippen molar-refractivity contribution in [1.29, 1.82) is 0 Å². The van der Waals surface area contributed by atoms with Crippen LogP contribution < -0.4 is 15.4 Å². The highest BCUT2D eigenvalue weighted by Crippen LogP contribution is 2.29. The minimum absolute atomic E-state index is 0.102. The lowest BCUT2D eigenvalue weighted by Crippen LogP contribution is -2.24. The van der Waals surface area contributed by atoms with Crippen molar-refractivity contribution in [2.45, 2.75) is 12.8 Å². The summed E-state index contributed by atoms with van der Waals surface area (Å²) in [6, 6.07) is 17.2. The van der Waals surface area contributed by atoms with E-state index < -0.39 is 5.91 Å². The molecule has 2 heterocycles. The number of hydrogen-bond donors (Lipinski definition) is 2. The normalized spacial score (nSPS) is 12.9. The van der Waals surface area contributed by atoms with Crippen molar-refractivity contribution in [2.24, 2.45) is 5.73 Å². The standard InChI is InChI=1S/C11H10BrN3O.C10H11NO2/c12-8-3-1-7(2-4-8)5-9-6-10(11(13)16)15-14-9;1-11-8-4-2-3-5-9(8)13-7-6-10(11)12/h1-4,6H,5H2,(H2,13,16)(H,14,15);2-5H,6-7H2,1H3. The van der Waals surface area contributed by atoms with Crippen LogP contribution >= 0.6 is 15.9 Å². The van der Waals surface area contributed by atoms with Crippen molar-refractivity contribution in [3.05, 3.63) is 76.0 Å². The third kappa shape index (κ3) is 5.45. The first kappa shape index (κ1) is 20.6. The number of anilines is 1. The molecule has 1 aromatic heterocycles. The number of aromatic amines is 1. The fourth-order valence-electron chi connectivity index (χ4n) is 2.81. The van der Waals surface area contributed by atoms with Crippen LogP contribution in [0.1, 0.15) is 28.2 Å². The number of hydrogen-bond acceptors (Lipinski definition) is 4. The monoisotopic (exact) mass is 456 g/mol. The first-order chi connectivity index (χ1) is 13.9. The highest BCUT2D eigenvalue weighted by Gasteiger charge is 2.18. The SMILES string of the molecule is CN1C(=O)CCOc2ccccc21.NC(=O)c1cc(Cc2ccc(Br)cc2)[nH]n1. The number of primary amides is 1. The van der Waals surface area contributed by atoms with Gasteiger partial charge in [-0.1, -0.05) is 40.2 Å². The number of fused-ring (bicyclic) bond motifs is 1. The Labute approximate surface area is 177 Å². The molecule has 8 heteroatoms. The second-order valence-electron chi connectivity index (χ2n) is 6.46. The Balaban J connectivity index is 0.000000169. The Kier molecular flexibility index (Phi) is 6.66. The molecular weight excluding hydrogens is 436 g/mol. The highest BCUT2D eigenvalue weighted by atomic mass is 79.9. The number of benzene rings is 2. The van der Waals surface area contributed by atoms with Gasteiger partial charge in [0.05, 0.1) is 18.7 Å². The molecule has 0 unspecified atom stereocenters. The van der Waals surface area contributed by atoms with E-state index in [4.69, 9.17) is 10.5 Å². The number of aromatic nitrogens is 2. The number of rotatable bonds is 3. The molecule has 0 atom stereocenters. The second-order valence-corrected chi connectivity index (χ2v) is 7.38. The van der Waals surface area contributed by atoms with Gasteiger partial charge in [-0.3, -0.25) is 14.7 Å². The zero-order valence-electron chi connectivity index (χ0n) is 15.9. The van der Waals surface area contributed by atoms with Gasteiger partial charge in [0.15, 0.2) is 0 Å².